The fourth-order valence-electron chi connectivity index (χ4n) is 1.92. The molecule has 0 N–H and O–H groups in total. The lowest BCUT2D eigenvalue weighted by Crippen LogP contribution is -2.33. The molecule has 0 unspecified atom stereocenters. The third-order valence-electron chi connectivity index (χ3n) is 2.93. The molecule has 0 aliphatic carbocycles. The molecule has 0 radical (unpaired) electrons. The molecule has 0 amide bonds. The van der Waals surface area contributed by atoms with Crippen molar-refractivity contribution in [3.8, 4) is 0 Å². The Labute approximate surface area is 115 Å². The van der Waals surface area contributed by atoms with Crippen molar-refractivity contribution in [2.24, 2.45) is 0 Å². The highest BCUT2D eigenvalue weighted by molar-refractivity contribution is 9.10. The van der Waals surface area contributed by atoms with E-state index >= 15 is 0 Å². The Morgan fingerprint density at radius 3 is 2.44 bits per heavy atom. The predicted octanol–water partition coefficient (Wildman–Crippen LogP) is 1.19. The number of aromatic nitrogens is 1. The van der Waals surface area contributed by atoms with E-state index < -0.39 is 24.9 Å². The molecule has 100 valence electrons. The normalized spacial score (nSPS) is 20.7. The van der Waals surface area contributed by atoms with E-state index in [1.165, 1.54) is 6.20 Å². The number of sulfone groups is 2. The van der Waals surface area contributed by atoms with E-state index in [9.17, 15) is 16.8 Å². The van der Waals surface area contributed by atoms with Crippen LogP contribution >= 0.6 is 15.9 Å². The molecule has 1 aromatic heterocycles. The average Bonchev–Trinajstić information content (AvgIpc) is 2.28. The van der Waals surface area contributed by atoms with Gasteiger partial charge in [-0.3, -0.25) is 0 Å². The summed E-state index contributed by atoms with van der Waals surface area (Å²) in [6, 6.07) is 3.24. The Kier molecular flexibility index (Phi) is 3.80. The smallest absolute Gasteiger partial charge is 0.199 e. The second kappa shape index (κ2) is 4.90. The molecular formula is C10H12BrNO4S2. The average molecular weight is 354 g/mol. The molecule has 1 saturated heterocycles. The van der Waals surface area contributed by atoms with Crippen molar-refractivity contribution in [1.29, 1.82) is 0 Å². The molecule has 0 bridgehead atoms. The van der Waals surface area contributed by atoms with Crippen LogP contribution in [0.4, 0.5) is 0 Å². The van der Waals surface area contributed by atoms with E-state index in [2.05, 4.69) is 20.9 Å². The Balaban J connectivity index is 2.31. The Hall–Kier alpha value is -0.470. The summed E-state index contributed by atoms with van der Waals surface area (Å²) in [6.45, 7) is 0. The monoisotopic (exact) mass is 353 g/mol. The molecule has 1 aliphatic heterocycles. The van der Waals surface area contributed by atoms with E-state index in [1.54, 1.807) is 12.1 Å². The van der Waals surface area contributed by atoms with Crippen molar-refractivity contribution in [3.63, 3.8) is 0 Å². The van der Waals surface area contributed by atoms with Gasteiger partial charge in [-0.1, -0.05) is 0 Å². The molecule has 1 aliphatic rings. The van der Waals surface area contributed by atoms with Gasteiger partial charge in [0.25, 0.3) is 0 Å². The van der Waals surface area contributed by atoms with Crippen LogP contribution < -0.4 is 0 Å². The van der Waals surface area contributed by atoms with Gasteiger partial charge in [-0.05, 0) is 40.9 Å². The van der Waals surface area contributed by atoms with Crippen LogP contribution in [0.25, 0.3) is 0 Å². The van der Waals surface area contributed by atoms with Gasteiger partial charge in [0.15, 0.2) is 14.9 Å². The molecule has 1 fully saturated rings. The quantitative estimate of drug-likeness (QED) is 0.797. The molecular weight excluding hydrogens is 342 g/mol. The Morgan fingerprint density at radius 1 is 1.28 bits per heavy atom. The second-order valence-corrected chi connectivity index (χ2v) is 9.49. The molecule has 0 spiro atoms. The first-order chi connectivity index (χ1) is 8.33. The maximum absolute atomic E-state index is 12.3. The molecule has 18 heavy (non-hydrogen) atoms. The summed E-state index contributed by atoms with van der Waals surface area (Å²) in [7, 11) is -6.63. The van der Waals surface area contributed by atoms with Crippen LogP contribution in [0, 0.1) is 0 Å². The van der Waals surface area contributed by atoms with E-state index in [4.69, 9.17) is 0 Å². The van der Waals surface area contributed by atoms with Crippen LogP contribution in [0.3, 0.4) is 0 Å². The lowest BCUT2D eigenvalue weighted by Gasteiger charge is -2.21. The van der Waals surface area contributed by atoms with E-state index in [0.717, 1.165) is 0 Å². The third-order valence-corrected chi connectivity index (χ3v) is 7.77. The van der Waals surface area contributed by atoms with Crippen molar-refractivity contribution in [3.05, 3.63) is 22.8 Å². The van der Waals surface area contributed by atoms with E-state index in [0.29, 0.717) is 4.47 Å². The zero-order chi connectivity index (χ0) is 13.4. The summed E-state index contributed by atoms with van der Waals surface area (Å²) in [4.78, 5) is 3.88. The summed E-state index contributed by atoms with van der Waals surface area (Å²) in [5.41, 5.74) is 0. The fraction of sp³-hybridized carbons (Fsp3) is 0.500. The first kappa shape index (κ1) is 14.0. The lowest BCUT2D eigenvalue weighted by molar-refractivity contribution is 0.549. The van der Waals surface area contributed by atoms with Crippen LogP contribution in [0.5, 0.6) is 0 Å². The zero-order valence-corrected chi connectivity index (χ0v) is 12.6. The number of pyridine rings is 1. The molecule has 2 rings (SSSR count). The second-order valence-electron chi connectivity index (χ2n) is 4.19. The summed E-state index contributed by atoms with van der Waals surface area (Å²) < 4.78 is 47.7. The first-order valence-electron chi connectivity index (χ1n) is 5.38. The SMILES string of the molecule is O=S1(=O)CCC(S(=O)(=O)c2ncccc2Br)CC1. The lowest BCUT2D eigenvalue weighted by atomic mass is 10.2. The molecule has 1 aromatic rings. The Bertz CT molecular complexity index is 640. The molecule has 0 atom stereocenters. The molecule has 5 nitrogen and oxygen atoms in total. The molecule has 0 aromatic carbocycles. The highest BCUT2D eigenvalue weighted by Crippen LogP contribution is 2.28. The summed E-state index contributed by atoms with van der Waals surface area (Å²) in [5.74, 6) is -0.136. The minimum Gasteiger partial charge on any atom is -0.244 e. The van der Waals surface area contributed by atoms with Crippen LogP contribution in [0.1, 0.15) is 12.8 Å². The minimum atomic E-state index is -3.57. The number of hydrogen-bond donors (Lipinski definition) is 0. The molecule has 8 heteroatoms. The van der Waals surface area contributed by atoms with Crippen LogP contribution in [-0.4, -0.2) is 38.6 Å². The van der Waals surface area contributed by atoms with Crippen molar-refractivity contribution in [2.75, 3.05) is 11.5 Å². The van der Waals surface area contributed by atoms with E-state index in [1.807, 2.05) is 0 Å². The van der Waals surface area contributed by atoms with Crippen molar-refractivity contribution >= 4 is 35.6 Å². The van der Waals surface area contributed by atoms with Crippen LogP contribution in [0.2, 0.25) is 0 Å². The third kappa shape index (κ3) is 2.75. The topological polar surface area (TPSA) is 81.2 Å². The van der Waals surface area contributed by atoms with Gasteiger partial charge in [-0.25, -0.2) is 21.8 Å². The molecule has 2 heterocycles. The number of nitrogens with zero attached hydrogens (tertiary/aromatic N) is 1. The predicted molar refractivity (Wildman–Crippen MR) is 70.8 cm³/mol. The first-order valence-corrected chi connectivity index (χ1v) is 9.54. The van der Waals surface area contributed by atoms with Gasteiger partial charge < -0.3 is 0 Å². The summed E-state index contributed by atoms with van der Waals surface area (Å²) >= 11 is 3.16. The zero-order valence-electron chi connectivity index (χ0n) is 9.41. The van der Waals surface area contributed by atoms with Gasteiger partial charge in [-0.2, -0.15) is 0 Å². The highest BCUT2D eigenvalue weighted by atomic mass is 79.9. The van der Waals surface area contributed by atoms with Crippen LogP contribution in [-0.2, 0) is 19.7 Å². The largest absolute Gasteiger partial charge is 0.244 e. The minimum absolute atomic E-state index is 0.00528. The maximum atomic E-state index is 12.3. The van der Waals surface area contributed by atoms with Gasteiger partial charge in [0.2, 0.25) is 0 Å². The van der Waals surface area contributed by atoms with Crippen molar-refractivity contribution < 1.29 is 16.8 Å². The van der Waals surface area contributed by atoms with E-state index in [-0.39, 0.29) is 29.4 Å². The Morgan fingerprint density at radius 2 is 1.89 bits per heavy atom. The van der Waals surface area contributed by atoms with Crippen molar-refractivity contribution in [2.45, 2.75) is 23.1 Å². The van der Waals surface area contributed by atoms with Gasteiger partial charge in [-0.15, -0.1) is 0 Å². The standard InChI is InChI=1S/C10H12BrNO4S2/c11-9-2-1-5-12-10(9)18(15,16)8-3-6-17(13,14)7-4-8/h1-2,5,8H,3-4,6-7H2. The number of rotatable bonds is 2. The van der Waals surface area contributed by atoms with Gasteiger partial charge in [0.05, 0.1) is 21.2 Å². The number of hydrogen-bond acceptors (Lipinski definition) is 5. The van der Waals surface area contributed by atoms with Crippen LogP contribution in [0.15, 0.2) is 27.8 Å². The maximum Gasteiger partial charge on any atom is 0.199 e. The number of halogens is 1. The molecule has 0 saturated carbocycles. The highest BCUT2D eigenvalue weighted by Gasteiger charge is 2.35. The summed E-state index contributed by atoms with van der Waals surface area (Å²) in [5, 5.41) is -0.665. The van der Waals surface area contributed by atoms with Crippen molar-refractivity contribution in [1.82, 2.24) is 4.98 Å². The van der Waals surface area contributed by atoms with Gasteiger partial charge >= 0.3 is 0 Å². The fourth-order valence-corrected chi connectivity index (χ4v) is 6.36. The summed E-state index contributed by atoms with van der Waals surface area (Å²) in [6.07, 6.45) is 1.71. The van der Waals surface area contributed by atoms with Gasteiger partial charge in [0.1, 0.15) is 9.84 Å². The van der Waals surface area contributed by atoms with Gasteiger partial charge in [0, 0.05) is 6.20 Å².